The maximum atomic E-state index is 15.4. The Kier molecular flexibility index (Phi) is 14.7. The first-order valence-corrected chi connectivity index (χ1v) is 24.8. The van der Waals surface area contributed by atoms with Gasteiger partial charge in [0.2, 0.25) is 29.5 Å². The number of hydrogen-bond acceptors (Lipinski definition) is 12. The van der Waals surface area contributed by atoms with Crippen LogP contribution in [0.25, 0.3) is 22.3 Å². The van der Waals surface area contributed by atoms with E-state index >= 15 is 4.39 Å². The van der Waals surface area contributed by atoms with Crippen molar-refractivity contribution in [2.75, 3.05) is 11.9 Å². The van der Waals surface area contributed by atoms with E-state index in [9.17, 15) is 43.5 Å². The number of pyridine rings is 2. The number of fused-ring (bicyclic) bond motifs is 5. The molecule has 0 saturated carbocycles. The van der Waals surface area contributed by atoms with Gasteiger partial charge in [-0.15, -0.1) is 0 Å². The van der Waals surface area contributed by atoms with Crippen molar-refractivity contribution in [2.24, 2.45) is 17.8 Å². The zero-order chi connectivity index (χ0) is 51.9. The average molecular weight is 992 g/mol. The van der Waals surface area contributed by atoms with E-state index in [-0.39, 0.29) is 85.6 Å². The lowest BCUT2D eigenvalue weighted by atomic mass is 9.81. The van der Waals surface area contributed by atoms with Crippen molar-refractivity contribution in [3.05, 3.63) is 91.5 Å². The number of halogens is 1. The van der Waals surface area contributed by atoms with Crippen LogP contribution in [-0.4, -0.2) is 79.8 Å². The van der Waals surface area contributed by atoms with Gasteiger partial charge in [0, 0.05) is 53.6 Å². The number of alkyl carbamates (subject to hydrolysis) is 1. The zero-order valence-corrected chi connectivity index (χ0v) is 41.7. The Labute approximate surface area is 415 Å². The molecule has 4 aromatic rings. The van der Waals surface area contributed by atoms with Crippen LogP contribution in [0, 0.1) is 30.5 Å². The number of benzene rings is 2. The fourth-order valence-corrected chi connectivity index (χ4v) is 10.3. The number of hydrogen-bond donors (Lipinski definition) is 5. The van der Waals surface area contributed by atoms with E-state index in [1.165, 1.54) is 22.5 Å². The summed E-state index contributed by atoms with van der Waals surface area (Å²) in [6.45, 7) is 12.3. The molecular weight excluding hydrogens is 930 g/mol. The number of cyclic esters (lactones) is 1. The van der Waals surface area contributed by atoms with Crippen LogP contribution in [0.3, 0.4) is 0 Å². The van der Waals surface area contributed by atoms with E-state index in [0.29, 0.717) is 88.9 Å². The molecule has 0 radical (unpaired) electrons. The summed E-state index contributed by atoms with van der Waals surface area (Å²) in [5.41, 5.74) is 2.50. The van der Waals surface area contributed by atoms with E-state index in [1.54, 1.807) is 58.0 Å². The fraction of sp³-hybridized carbons (Fsp3) is 0.491. The molecule has 2 aromatic carbocycles. The second-order valence-electron chi connectivity index (χ2n) is 20.1. The smallest absolute Gasteiger partial charge is 0.407 e. The third kappa shape index (κ3) is 9.82. The number of aryl methyl sites for hydroxylation is 1. The number of nitrogens with zero attached hydrogens (tertiary/aromatic N) is 3. The normalized spacial score (nSPS) is 19.7. The van der Waals surface area contributed by atoms with Crippen LogP contribution in [0.4, 0.5) is 14.9 Å². The fourth-order valence-electron chi connectivity index (χ4n) is 10.3. The van der Waals surface area contributed by atoms with Gasteiger partial charge >= 0.3 is 12.1 Å². The first-order chi connectivity index (χ1) is 34.2. The molecule has 1 fully saturated rings. The summed E-state index contributed by atoms with van der Waals surface area (Å²) in [5, 5.41) is 23.3. The molecule has 0 spiro atoms. The van der Waals surface area contributed by atoms with Crippen LogP contribution in [0.15, 0.2) is 41.2 Å². The standard InChI is InChI=1S/C53H62FN7O11/c1-8-53(70)36-21-40-46-34(23-61(40)50(67)35(36)25-71-51(53)68)44-38(18-17-32-28(6)37(54)22-39(57-46)43(32)44)58-52(69)72-24-30-13-15-31(16-14-30)56-47(64)29(7)55-48(65)45(27(4)5)59-41(62)12-10-9-11-19-60-42(63)20-33(26(2)3)49(60)66/h13-16,21-22,26-27,29,33,38,45,70H,8-12,17-20,23-25H2,1-7H3,(H,55,65)(H,56,64)(H,58,69)(H,59,62)/t29-,33?,38-,45-,53-/m0/s1. The molecule has 5 N–H and O–H groups in total. The Morgan fingerprint density at radius 1 is 0.958 bits per heavy atom. The Balaban J connectivity index is 0.847. The van der Waals surface area contributed by atoms with Crippen molar-refractivity contribution in [1.82, 2.24) is 30.4 Å². The number of unbranched alkanes of at least 4 members (excludes halogenated alkanes) is 2. The van der Waals surface area contributed by atoms with E-state index in [0.717, 1.165) is 5.56 Å². The second kappa shape index (κ2) is 20.6. The number of anilines is 1. The highest BCUT2D eigenvalue weighted by Crippen LogP contribution is 2.46. The molecule has 1 aliphatic carbocycles. The van der Waals surface area contributed by atoms with Gasteiger partial charge in [-0.05, 0) is 98.2 Å². The van der Waals surface area contributed by atoms with Crippen LogP contribution in [0.5, 0.6) is 0 Å². The van der Waals surface area contributed by atoms with E-state index in [4.69, 9.17) is 14.5 Å². The van der Waals surface area contributed by atoms with E-state index < -0.39 is 59.0 Å². The van der Waals surface area contributed by atoms with Gasteiger partial charge in [-0.1, -0.05) is 53.2 Å². The summed E-state index contributed by atoms with van der Waals surface area (Å²) >= 11 is 0. The van der Waals surface area contributed by atoms with Crippen LogP contribution in [0.2, 0.25) is 0 Å². The van der Waals surface area contributed by atoms with Gasteiger partial charge in [-0.3, -0.25) is 33.7 Å². The summed E-state index contributed by atoms with van der Waals surface area (Å²) in [4.78, 5) is 111. The molecular formula is C53H62FN7O11. The minimum Gasteiger partial charge on any atom is -0.458 e. The van der Waals surface area contributed by atoms with Crippen molar-refractivity contribution < 1.29 is 52.5 Å². The molecule has 18 nitrogen and oxygen atoms in total. The number of nitrogens with one attached hydrogen (secondary N) is 4. The predicted octanol–water partition coefficient (Wildman–Crippen LogP) is 5.62. The van der Waals surface area contributed by atoms with E-state index in [1.807, 2.05) is 13.8 Å². The molecule has 1 saturated heterocycles. The number of esters is 1. The summed E-state index contributed by atoms with van der Waals surface area (Å²) in [7, 11) is 0. The van der Waals surface area contributed by atoms with Crippen molar-refractivity contribution in [1.29, 1.82) is 0 Å². The Morgan fingerprint density at radius 2 is 1.69 bits per heavy atom. The van der Waals surface area contributed by atoms with Crippen molar-refractivity contribution in [3.8, 4) is 11.4 Å². The quantitative estimate of drug-likeness (QED) is 0.0433. The first-order valence-electron chi connectivity index (χ1n) is 24.8. The monoisotopic (exact) mass is 991 g/mol. The number of aliphatic hydroxyl groups is 1. The number of rotatable bonds is 17. The predicted molar refractivity (Wildman–Crippen MR) is 261 cm³/mol. The van der Waals surface area contributed by atoms with Gasteiger partial charge in [0.05, 0.1) is 35.1 Å². The van der Waals surface area contributed by atoms with Crippen LogP contribution in [-0.2, 0) is 70.0 Å². The Bertz CT molecular complexity index is 2950. The van der Waals surface area contributed by atoms with Crippen LogP contribution in [0.1, 0.15) is 131 Å². The molecule has 1 unspecified atom stereocenters. The largest absolute Gasteiger partial charge is 0.458 e. The van der Waals surface area contributed by atoms with Gasteiger partial charge in [0.15, 0.2) is 5.60 Å². The highest BCUT2D eigenvalue weighted by molar-refractivity contribution is 6.03. The molecule has 5 heterocycles. The highest BCUT2D eigenvalue weighted by atomic mass is 19.1. The third-order valence-electron chi connectivity index (χ3n) is 14.6. The lowest BCUT2D eigenvalue weighted by Gasteiger charge is -2.31. The lowest BCUT2D eigenvalue weighted by molar-refractivity contribution is -0.172. The van der Waals surface area contributed by atoms with Gasteiger partial charge < -0.3 is 40.4 Å². The molecule has 5 atom stereocenters. The number of ether oxygens (including phenoxy) is 2. The highest BCUT2D eigenvalue weighted by Gasteiger charge is 2.46. The van der Waals surface area contributed by atoms with Crippen molar-refractivity contribution >= 4 is 58.2 Å². The number of carbonyl (C=O) groups excluding carboxylic acids is 7. The van der Waals surface area contributed by atoms with Gasteiger partial charge in [0.25, 0.3) is 5.56 Å². The number of aromatic nitrogens is 2. The topological polar surface area (TPSA) is 244 Å². The molecule has 8 rings (SSSR count). The number of carbonyl (C=O) groups is 7. The molecule has 3 aliphatic heterocycles. The number of imide groups is 1. The average Bonchev–Trinajstić information content (AvgIpc) is 3.86. The van der Waals surface area contributed by atoms with Crippen molar-refractivity contribution in [2.45, 2.75) is 143 Å². The van der Waals surface area contributed by atoms with Gasteiger partial charge in [-0.25, -0.2) is 19.0 Å². The second-order valence-corrected chi connectivity index (χ2v) is 20.1. The molecule has 4 aliphatic rings. The number of amides is 6. The molecule has 72 heavy (non-hydrogen) atoms. The maximum absolute atomic E-state index is 15.4. The van der Waals surface area contributed by atoms with Gasteiger partial charge in [-0.2, -0.15) is 0 Å². The third-order valence-corrected chi connectivity index (χ3v) is 14.6. The first kappa shape index (κ1) is 51.3. The number of likely N-dealkylation sites (tertiary alicyclic amines) is 1. The zero-order valence-electron chi connectivity index (χ0n) is 41.7. The summed E-state index contributed by atoms with van der Waals surface area (Å²) in [6.07, 6.45) is 2.17. The Morgan fingerprint density at radius 3 is 2.38 bits per heavy atom. The molecule has 2 aromatic heterocycles. The summed E-state index contributed by atoms with van der Waals surface area (Å²) < 4.78 is 27.8. The Hall–Kier alpha value is -7.02. The van der Waals surface area contributed by atoms with Crippen molar-refractivity contribution in [3.63, 3.8) is 0 Å². The lowest BCUT2D eigenvalue weighted by Crippen LogP contribution is -2.53. The molecule has 382 valence electrons. The summed E-state index contributed by atoms with van der Waals surface area (Å²) in [6, 6.07) is 7.05. The SMILES string of the molecule is CC[C@@]1(O)C(=O)OCc2c1cc1n(c2=O)Cc2c-1nc1cc(F)c(C)c3c1c2[C@@H](NC(=O)OCc1ccc(NC(=O)[C@H](C)NC(=O)[C@@H](NC(=O)CCCCCN2C(=O)CC(C(C)C)C2=O)C(C)C)cc1)CC3. The van der Waals surface area contributed by atoms with Gasteiger partial charge in [0.1, 0.15) is 31.1 Å². The summed E-state index contributed by atoms with van der Waals surface area (Å²) in [5.74, 6) is -3.39. The van der Waals surface area contributed by atoms with Crippen LogP contribution >= 0.6 is 0 Å². The maximum Gasteiger partial charge on any atom is 0.407 e. The molecule has 0 bridgehead atoms. The molecule has 6 amide bonds. The van der Waals surface area contributed by atoms with Crippen LogP contribution < -0.4 is 26.8 Å². The molecule has 19 heteroatoms. The van der Waals surface area contributed by atoms with E-state index in [2.05, 4.69) is 21.3 Å². The minimum atomic E-state index is -2.03. The minimum absolute atomic E-state index is 0.0287.